The van der Waals surface area contributed by atoms with E-state index in [2.05, 4.69) is 15.2 Å². The van der Waals surface area contributed by atoms with Crippen molar-refractivity contribution < 1.29 is 14.4 Å². The Morgan fingerprint density at radius 2 is 2.20 bits per heavy atom. The number of primary amides is 1. The molecule has 2 fully saturated rings. The molecule has 136 valence electrons. The third-order valence-corrected chi connectivity index (χ3v) is 4.65. The Kier molecular flexibility index (Phi) is 5.70. The van der Waals surface area contributed by atoms with Crippen molar-refractivity contribution in [2.45, 2.75) is 32.2 Å². The molecule has 3 heterocycles. The van der Waals surface area contributed by atoms with Crippen LogP contribution in [0, 0.1) is 5.92 Å². The largest absolute Gasteiger partial charge is 0.369 e. The number of urea groups is 1. The van der Waals surface area contributed by atoms with Gasteiger partial charge in [0.1, 0.15) is 5.82 Å². The van der Waals surface area contributed by atoms with Crippen molar-refractivity contribution in [2.75, 3.05) is 31.1 Å². The molecular formula is C17H25N5O3. The summed E-state index contributed by atoms with van der Waals surface area (Å²) in [5.41, 5.74) is 6.38. The molecule has 1 aromatic heterocycles. The van der Waals surface area contributed by atoms with Gasteiger partial charge in [0, 0.05) is 31.4 Å². The number of aromatic nitrogens is 1. The van der Waals surface area contributed by atoms with Gasteiger partial charge < -0.3 is 16.0 Å². The summed E-state index contributed by atoms with van der Waals surface area (Å²) in [4.78, 5) is 35.6. The first-order chi connectivity index (χ1) is 12.1. The molecule has 0 aromatic carbocycles. The van der Waals surface area contributed by atoms with E-state index in [-0.39, 0.29) is 17.9 Å². The minimum absolute atomic E-state index is 0.153. The fraction of sp³-hybridized carbons (Fsp3) is 0.588. The smallest absolute Gasteiger partial charge is 0.341 e. The van der Waals surface area contributed by atoms with Crippen LogP contribution in [0.25, 0.3) is 0 Å². The number of rotatable bonds is 4. The molecule has 3 N–H and O–H groups in total. The number of piperidine rings is 1. The summed E-state index contributed by atoms with van der Waals surface area (Å²) in [5.74, 6) is 0.381. The standard InChI is InChI=1S/C17H25N5O3/c18-15(23)14-6-4-8-21(12-14)16-13(5-3-7-19-16)11-20-17(24)22-9-1-2-10-25-22/h3,5,7,14H,1-2,4,6,8-12H2,(H2,18,23)(H,20,24)/t14-/m0/s1. The average molecular weight is 347 g/mol. The predicted molar refractivity (Wildman–Crippen MR) is 92.5 cm³/mol. The van der Waals surface area contributed by atoms with Crippen molar-refractivity contribution >= 4 is 17.8 Å². The lowest BCUT2D eigenvalue weighted by Crippen LogP contribution is -2.43. The second-order valence-electron chi connectivity index (χ2n) is 6.47. The normalized spacial score (nSPS) is 21.0. The number of hydroxylamine groups is 2. The Morgan fingerprint density at radius 3 is 2.96 bits per heavy atom. The van der Waals surface area contributed by atoms with Gasteiger partial charge in [-0.05, 0) is 31.7 Å². The Bertz CT molecular complexity index is 618. The van der Waals surface area contributed by atoms with E-state index >= 15 is 0 Å². The molecule has 0 radical (unpaired) electrons. The molecule has 1 aromatic rings. The zero-order valence-corrected chi connectivity index (χ0v) is 14.3. The number of amides is 3. The van der Waals surface area contributed by atoms with Crippen molar-refractivity contribution in [1.82, 2.24) is 15.4 Å². The summed E-state index contributed by atoms with van der Waals surface area (Å²) in [7, 11) is 0. The zero-order chi connectivity index (χ0) is 17.6. The summed E-state index contributed by atoms with van der Waals surface area (Å²) in [6, 6.07) is 3.55. The van der Waals surface area contributed by atoms with Gasteiger partial charge in [-0.15, -0.1) is 0 Å². The second-order valence-corrected chi connectivity index (χ2v) is 6.47. The highest BCUT2D eigenvalue weighted by Gasteiger charge is 2.26. The van der Waals surface area contributed by atoms with Gasteiger partial charge in [-0.3, -0.25) is 9.63 Å². The minimum Gasteiger partial charge on any atom is -0.369 e. The number of carbonyl (C=O) groups excluding carboxylic acids is 2. The highest BCUT2D eigenvalue weighted by atomic mass is 16.7. The van der Waals surface area contributed by atoms with Gasteiger partial charge in [0.15, 0.2) is 0 Å². The van der Waals surface area contributed by atoms with Crippen LogP contribution in [0.15, 0.2) is 18.3 Å². The van der Waals surface area contributed by atoms with Crippen LogP contribution in [-0.2, 0) is 16.2 Å². The SMILES string of the molecule is NC(=O)[C@H]1CCCN(c2ncccc2CNC(=O)N2CCCCO2)C1. The summed E-state index contributed by atoms with van der Waals surface area (Å²) < 4.78 is 0. The van der Waals surface area contributed by atoms with E-state index in [1.165, 1.54) is 5.06 Å². The van der Waals surface area contributed by atoms with Gasteiger partial charge in [0.05, 0.1) is 19.1 Å². The van der Waals surface area contributed by atoms with Gasteiger partial charge >= 0.3 is 6.03 Å². The van der Waals surface area contributed by atoms with Crippen LogP contribution in [0.1, 0.15) is 31.2 Å². The molecule has 2 saturated heterocycles. The quantitative estimate of drug-likeness (QED) is 0.847. The van der Waals surface area contributed by atoms with Crippen LogP contribution >= 0.6 is 0 Å². The molecule has 3 amide bonds. The Morgan fingerprint density at radius 1 is 1.32 bits per heavy atom. The molecule has 3 rings (SSSR count). The van der Waals surface area contributed by atoms with E-state index < -0.39 is 0 Å². The summed E-state index contributed by atoms with van der Waals surface area (Å²) in [6.07, 6.45) is 5.37. The Labute approximate surface area is 147 Å². The van der Waals surface area contributed by atoms with Crippen molar-refractivity contribution in [2.24, 2.45) is 11.7 Å². The van der Waals surface area contributed by atoms with Crippen LogP contribution in [0.2, 0.25) is 0 Å². The molecule has 2 aliphatic rings. The van der Waals surface area contributed by atoms with Crippen molar-refractivity contribution in [1.29, 1.82) is 0 Å². The first-order valence-electron chi connectivity index (χ1n) is 8.81. The average Bonchev–Trinajstić information content (AvgIpc) is 2.67. The topological polar surface area (TPSA) is 101 Å². The minimum atomic E-state index is -0.266. The number of nitrogens with one attached hydrogen (secondary N) is 1. The van der Waals surface area contributed by atoms with Crippen molar-refractivity contribution in [3.8, 4) is 0 Å². The van der Waals surface area contributed by atoms with Crippen LogP contribution in [0.4, 0.5) is 10.6 Å². The number of nitrogens with two attached hydrogens (primary N) is 1. The third-order valence-electron chi connectivity index (χ3n) is 4.65. The van der Waals surface area contributed by atoms with E-state index in [0.717, 1.165) is 43.6 Å². The summed E-state index contributed by atoms with van der Waals surface area (Å²) in [6.45, 7) is 2.95. The molecule has 0 aliphatic carbocycles. The maximum absolute atomic E-state index is 12.2. The maximum atomic E-state index is 12.2. The van der Waals surface area contributed by atoms with Gasteiger partial charge in [0.25, 0.3) is 0 Å². The molecule has 25 heavy (non-hydrogen) atoms. The fourth-order valence-corrected chi connectivity index (χ4v) is 3.27. The highest BCUT2D eigenvalue weighted by molar-refractivity contribution is 5.77. The van der Waals surface area contributed by atoms with Crippen LogP contribution < -0.4 is 16.0 Å². The van der Waals surface area contributed by atoms with Crippen molar-refractivity contribution in [3.63, 3.8) is 0 Å². The van der Waals surface area contributed by atoms with E-state index in [4.69, 9.17) is 10.6 Å². The van der Waals surface area contributed by atoms with Gasteiger partial charge in [-0.2, -0.15) is 0 Å². The fourth-order valence-electron chi connectivity index (χ4n) is 3.27. The van der Waals surface area contributed by atoms with Gasteiger partial charge in [-0.1, -0.05) is 6.07 Å². The molecule has 8 nitrogen and oxygen atoms in total. The van der Waals surface area contributed by atoms with Gasteiger partial charge in [0.2, 0.25) is 5.91 Å². The Balaban J connectivity index is 1.64. The molecule has 0 unspecified atom stereocenters. The lowest BCUT2D eigenvalue weighted by molar-refractivity contribution is -0.139. The summed E-state index contributed by atoms with van der Waals surface area (Å²) >= 11 is 0. The molecular weight excluding hydrogens is 322 g/mol. The summed E-state index contributed by atoms with van der Waals surface area (Å²) in [5, 5.41) is 4.26. The molecule has 0 bridgehead atoms. The van der Waals surface area contributed by atoms with E-state index in [0.29, 0.717) is 26.2 Å². The van der Waals surface area contributed by atoms with Crippen LogP contribution in [0.3, 0.4) is 0 Å². The highest BCUT2D eigenvalue weighted by Crippen LogP contribution is 2.24. The lowest BCUT2D eigenvalue weighted by Gasteiger charge is -2.33. The first-order valence-corrected chi connectivity index (χ1v) is 8.81. The number of pyridine rings is 1. The van der Waals surface area contributed by atoms with Gasteiger partial charge in [-0.25, -0.2) is 14.8 Å². The van der Waals surface area contributed by atoms with Crippen LogP contribution in [-0.4, -0.2) is 48.2 Å². The first kappa shape index (κ1) is 17.5. The van der Waals surface area contributed by atoms with Crippen LogP contribution in [0.5, 0.6) is 0 Å². The van der Waals surface area contributed by atoms with E-state index in [9.17, 15) is 9.59 Å². The number of anilines is 1. The monoisotopic (exact) mass is 347 g/mol. The molecule has 0 spiro atoms. The molecule has 1 atom stereocenters. The zero-order valence-electron chi connectivity index (χ0n) is 14.3. The maximum Gasteiger partial charge on any atom is 0.341 e. The third kappa shape index (κ3) is 4.39. The Hall–Kier alpha value is -2.35. The molecule has 8 heteroatoms. The second kappa shape index (κ2) is 8.15. The lowest BCUT2D eigenvalue weighted by atomic mass is 9.97. The number of nitrogens with zero attached hydrogens (tertiary/aromatic N) is 3. The number of carbonyl (C=O) groups is 2. The number of hydrogen-bond acceptors (Lipinski definition) is 5. The van der Waals surface area contributed by atoms with Crippen molar-refractivity contribution in [3.05, 3.63) is 23.9 Å². The van der Waals surface area contributed by atoms with E-state index in [1.807, 2.05) is 12.1 Å². The number of hydrogen-bond donors (Lipinski definition) is 2. The molecule has 0 saturated carbocycles. The predicted octanol–water partition coefficient (Wildman–Crippen LogP) is 1.02. The molecule has 2 aliphatic heterocycles. The van der Waals surface area contributed by atoms with E-state index in [1.54, 1.807) is 6.20 Å².